The van der Waals surface area contributed by atoms with E-state index in [0.29, 0.717) is 0 Å². The van der Waals surface area contributed by atoms with Crippen molar-refractivity contribution in [3.8, 4) is 0 Å². The van der Waals surface area contributed by atoms with Gasteiger partial charge in [-0.05, 0) is 6.07 Å². The van der Waals surface area contributed by atoms with Crippen LogP contribution in [0.4, 0.5) is 5.69 Å². The zero-order valence-corrected chi connectivity index (χ0v) is 7.56. The molecule has 78 valence electrons. The number of non-ortho nitro benzene ring substituents is 1. The fourth-order valence-corrected chi connectivity index (χ4v) is 1.28. The monoisotopic (exact) mass is 221 g/mol. The van der Waals surface area contributed by atoms with Crippen LogP contribution < -0.4 is 0 Å². The predicted molar refractivity (Wildman–Crippen MR) is 46.5 cm³/mol. The summed E-state index contributed by atoms with van der Waals surface area (Å²) in [6.07, 6.45) is 0. The lowest BCUT2D eigenvalue weighted by atomic mass is 10.3. The van der Waals surface area contributed by atoms with Gasteiger partial charge in [0, 0.05) is 12.1 Å². The van der Waals surface area contributed by atoms with E-state index >= 15 is 0 Å². The second kappa shape index (κ2) is 4.13. The number of nitro benzene ring substituents is 1. The van der Waals surface area contributed by atoms with Crippen molar-refractivity contribution in [3.05, 3.63) is 34.4 Å². The molecule has 0 aliphatic rings. The van der Waals surface area contributed by atoms with E-state index in [4.69, 9.17) is 4.55 Å². The summed E-state index contributed by atoms with van der Waals surface area (Å²) in [6, 6.07) is 4.17. The number of benzene rings is 1. The Morgan fingerprint density at radius 1 is 1.36 bits per heavy atom. The maximum absolute atomic E-state index is 10.5. The minimum absolute atomic E-state index is 0. The van der Waals surface area contributed by atoms with Crippen LogP contribution in [0.3, 0.4) is 0 Å². The molecule has 0 aromatic heterocycles. The van der Waals surface area contributed by atoms with Crippen LogP contribution in [0, 0.1) is 10.1 Å². The Morgan fingerprint density at radius 3 is 2.36 bits per heavy atom. The normalized spacial score (nSPS) is 10.4. The zero-order chi connectivity index (χ0) is 10.1. The smallest absolute Gasteiger partial charge is 0.294 e. The zero-order valence-electron chi connectivity index (χ0n) is 6.75. The van der Waals surface area contributed by atoms with E-state index in [2.05, 4.69) is 0 Å². The highest BCUT2D eigenvalue weighted by molar-refractivity contribution is 7.85. The Bertz CT molecular complexity index is 439. The van der Waals surface area contributed by atoms with Gasteiger partial charge < -0.3 is 5.48 Å². The van der Waals surface area contributed by atoms with E-state index in [0.717, 1.165) is 18.2 Å². The molecule has 0 heterocycles. The topological polar surface area (TPSA) is 129 Å². The molecule has 0 atom stereocenters. The summed E-state index contributed by atoms with van der Waals surface area (Å²) >= 11 is 0. The molecule has 1 aromatic carbocycles. The Morgan fingerprint density at radius 2 is 1.93 bits per heavy atom. The maximum atomic E-state index is 10.5. The van der Waals surface area contributed by atoms with Crippen molar-refractivity contribution in [3.63, 3.8) is 0 Å². The van der Waals surface area contributed by atoms with Crippen molar-refractivity contribution in [2.45, 2.75) is 4.90 Å². The van der Waals surface area contributed by atoms with Crippen LogP contribution in [0.25, 0.3) is 0 Å². The minimum atomic E-state index is -4.36. The van der Waals surface area contributed by atoms with Crippen molar-refractivity contribution < 1.29 is 23.4 Å². The second-order valence-corrected chi connectivity index (χ2v) is 3.65. The van der Waals surface area contributed by atoms with Gasteiger partial charge in [0.2, 0.25) is 0 Å². The lowest BCUT2D eigenvalue weighted by molar-refractivity contribution is -0.385. The van der Waals surface area contributed by atoms with Crippen LogP contribution in [0.1, 0.15) is 0 Å². The van der Waals surface area contributed by atoms with Crippen LogP contribution in [0.15, 0.2) is 29.2 Å². The third-order valence-electron chi connectivity index (χ3n) is 1.33. The van der Waals surface area contributed by atoms with Crippen LogP contribution in [0.2, 0.25) is 0 Å². The van der Waals surface area contributed by atoms with Gasteiger partial charge in [0.05, 0.1) is 4.92 Å². The van der Waals surface area contributed by atoms with Crippen molar-refractivity contribution in [1.82, 2.24) is 0 Å². The van der Waals surface area contributed by atoms with Crippen molar-refractivity contribution >= 4 is 15.8 Å². The lowest BCUT2D eigenvalue weighted by Crippen LogP contribution is -1.98. The first-order valence-corrected chi connectivity index (χ1v) is 4.57. The summed E-state index contributed by atoms with van der Waals surface area (Å²) in [4.78, 5) is 8.98. The first-order valence-electron chi connectivity index (χ1n) is 3.13. The molecule has 0 radical (unpaired) electrons. The first kappa shape index (κ1) is 12.5. The van der Waals surface area contributed by atoms with Crippen molar-refractivity contribution in [1.29, 1.82) is 0 Å². The predicted octanol–water partition coefficient (Wildman–Crippen LogP) is 0.0168. The molecule has 14 heavy (non-hydrogen) atoms. The third-order valence-corrected chi connectivity index (χ3v) is 2.18. The summed E-state index contributed by atoms with van der Waals surface area (Å²) in [6.45, 7) is 0. The molecule has 0 fully saturated rings. The van der Waals surface area contributed by atoms with Gasteiger partial charge in [-0.2, -0.15) is 8.42 Å². The van der Waals surface area contributed by atoms with Gasteiger partial charge in [0.1, 0.15) is 4.90 Å². The number of hydrogen-bond donors (Lipinski definition) is 1. The Kier molecular flexibility index (Phi) is 3.69. The number of rotatable bonds is 2. The largest absolute Gasteiger partial charge is 0.412 e. The molecule has 0 saturated carbocycles. The molecule has 1 aromatic rings. The van der Waals surface area contributed by atoms with Crippen molar-refractivity contribution in [2.75, 3.05) is 0 Å². The van der Waals surface area contributed by atoms with E-state index in [1.54, 1.807) is 0 Å². The van der Waals surface area contributed by atoms with E-state index in [1.165, 1.54) is 6.07 Å². The average molecular weight is 221 g/mol. The van der Waals surface area contributed by atoms with E-state index in [9.17, 15) is 18.5 Å². The minimum Gasteiger partial charge on any atom is -0.412 e. The molecule has 0 aliphatic carbocycles. The van der Waals surface area contributed by atoms with Gasteiger partial charge in [0.25, 0.3) is 15.8 Å². The Labute approximate surface area is 79.2 Å². The molecular formula is C6H7NO6S. The van der Waals surface area contributed by atoms with Gasteiger partial charge >= 0.3 is 0 Å². The number of nitro groups is 1. The summed E-state index contributed by atoms with van der Waals surface area (Å²) in [5, 5.41) is 10.2. The second-order valence-electron chi connectivity index (χ2n) is 2.23. The molecule has 0 amide bonds. The highest BCUT2D eigenvalue weighted by Crippen LogP contribution is 2.16. The molecule has 0 spiro atoms. The Hall–Kier alpha value is -1.51. The van der Waals surface area contributed by atoms with Gasteiger partial charge in [-0.15, -0.1) is 0 Å². The van der Waals surface area contributed by atoms with E-state index < -0.39 is 19.9 Å². The fraction of sp³-hybridized carbons (Fsp3) is 0. The quantitative estimate of drug-likeness (QED) is 0.427. The van der Waals surface area contributed by atoms with Gasteiger partial charge in [-0.3, -0.25) is 14.7 Å². The van der Waals surface area contributed by atoms with E-state index in [-0.39, 0.29) is 11.2 Å². The SMILES string of the molecule is O.O=[N+]([O-])c1cccc(S(=O)(=O)O)c1. The maximum Gasteiger partial charge on any atom is 0.294 e. The average Bonchev–Trinajstić information content (AvgIpc) is 2.03. The molecule has 0 saturated heterocycles. The lowest BCUT2D eigenvalue weighted by Gasteiger charge is -1.95. The summed E-state index contributed by atoms with van der Waals surface area (Å²) < 4.78 is 29.6. The molecule has 8 heteroatoms. The summed E-state index contributed by atoms with van der Waals surface area (Å²) in [5.41, 5.74) is -0.380. The molecule has 1 rings (SSSR count). The number of nitrogens with zero attached hydrogens (tertiary/aromatic N) is 1. The van der Waals surface area contributed by atoms with Gasteiger partial charge in [0.15, 0.2) is 0 Å². The van der Waals surface area contributed by atoms with E-state index in [1.807, 2.05) is 0 Å². The molecule has 0 unspecified atom stereocenters. The first-order chi connectivity index (χ1) is 5.91. The van der Waals surface area contributed by atoms with Gasteiger partial charge in [-0.1, -0.05) is 6.07 Å². The van der Waals surface area contributed by atoms with Gasteiger partial charge in [-0.25, -0.2) is 0 Å². The standard InChI is InChI=1S/C6H5NO5S.H2O/c8-7(9)5-2-1-3-6(4-5)13(10,11)12;/h1-4H,(H,10,11,12);1H2. The van der Waals surface area contributed by atoms with Crippen molar-refractivity contribution in [2.24, 2.45) is 0 Å². The Balaban J connectivity index is 0.00000169. The fourth-order valence-electron chi connectivity index (χ4n) is 0.758. The number of hydrogen-bond acceptors (Lipinski definition) is 4. The van der Waals surface area contributed by atoms with Crippen LogP contribution >= 0.6 is 0 Å². The summed E-state index contributed by atoms with van der Waals surface area (Å²) in [5.74, 6) is 0. The van der Waals surface area contributed by atoms with Crippen LogP contribution in [0.5, 0.6) is 0 Å². The third kappa shape index (κ3) is 2.76. The molecule has 3 N–H and O–H groups in total. The van der Waals surface area contributed by atoms with Crippen LogP contribution in [-0.2, 0) is 10.1 Å². The molecule has 0 bridgehead atoms. The summed E-state index contributed by atoms with van der Waals surface area (Å²) in [7, 11) is -4.36. The molecule has 0 aliphatic heterocycles. The highest BCUT2D eigenvalue weighted by Gasteiger charge is 2.13. The highest BCUT2D eigenvalue weighted by atomic mass is 32.2. The van der Waals surface area contributed by atoms with Crippen LogP contribution in [-0.4, -0.2) is 23.4 Å². The molecule has 7 nitrogen and oxygen atoms in total. The molecular weight excluding hydrogens is 214 g/mol.